The van der Waals surface area contributed by atoms with E-state index in [0.717, 1.165) is 24.8 Å². The number of hydrogen-bond donors (Lipinski definition) is 2. The number of sulfonamides is 1. The third kappa shape index (κ3) is 3.87. The van der Waals surface area contributed by atoms with Crippen LogP contribution in [0.1, 0.15) is 44.1 Å². The molecule has 4 bridgehead atoms. The fourth-order valence-electron chi connectivity index (χ4n) is 6.43. The van der Waals surface area contributed by atoms with Crippen LogP contribution in [0.3, 0.4) is 0 Å². The maximum absolute atomic E-state index is 13.4. The quantitative estimate of drug-likeness (QED) is 0.646. The Morgan fingerprint density at radius 1 is 0.969 bits per heavy atom. The molecule has 0 saturated heterocycles. The van der Waals surface area contributed by atoms with E-state index in [2.05, 4.69) is 10.0 Å². The largest absolute Gasteiger partial charge is 0.494 e. The van der Waals surface area contributed by atoms with Crippen molar-refractivity contribution in [3.8, 4) is 5.75 Å². The number of hydrogen-bond acceptors (Lipinski definition) is 4. The van der Waals surface area contributed by atoms with E-state index in [-0.39, 0.29) is 16.2 Å². The number of rotatable bonds is 6. The van der Waals surface area contributed by atoms with Crippen molar-refractivity contribution >= 4 is 27.3 Å². The van der Waals surface area contributed by atoms with Crippen molar-refractivity contribution in [2.45, 2.75) is 50.3 Å². The van der Waals surface area contributed by atoms with Gasteiger partial charge in [0, 0.05) is 6.07 Å². The van der Waals surface area contributed by atoms with E-state index in [1.165, 1.54) is 26.4 Å². The minimum Gasteiger partial charge on any atom is -0.494 e. The summed E-state index contributed by atoms with van der Waals surface area (Å²) < 4.78 is 33.5. The Bertz CT molecular complexity index is 1110. The van der Waals surface area contributed by atoms with Crippen molar-refractivity contribution in [3.05, 3.63) is 48.0 Å². The molecule has 0 spiro atoms. The van der Waals surface area contributed by atoms with Gasteiger partial charge in [-0.3, -0.25) is 9.52 Å². The molecule has 6 nitrogen and oxygen atoms in total. The van der Waals surface area contributed by atoms with Gasteiger partial charge in [0.15, 0.2) is 0 Å². The van der Waals surface area contributed by atoms with Crippen molar-refractivity contribution in [1.29, 1.82) is 0 Å². The summed E-state index contributed by atoms with van der Waals surface area (Å²) in [6.45, 7) is 1.91. The van der Waals surface area contributed by atoms with Crippen LogP contribution < -0.4 is 14.8 Å². The smallest absolute Gasteiger partial charge is 0.261 e. The third-order valence-corrected chi connectivity index (χ3v) is 8.95. The first-order valence-electron chi connectivity index (χ1n) is 11.4. The molecule has 0 heterocycles. The summed E-state index contributed by atoms with van der Waals surface area (Å²) in [6, 6.07) is 11.7. The van der Waals surface area contributed by atoms with Gasteiger partial charge < -0.3 is 10.1 Å². The van der Waals surface area contributed by atoms with Gasteiger partial charge in [0.1, 0.15) is 5.75 Å². The molecule has 7 heteroatoms. The summed E-state index contributed by atoms with van der Waals surface area (Å²) in [6.07, 6.45) is 6.81. The molecule has 2 N–H and O–H groups in total. The SMILES string of the molecule is COc1cc(NS(=O)(=O)c2ccc(C)cc2)ccc1NC(=O)C12CC3CC(CC(C3)C1)C2. The Morgan fingerprint density at radius 3 is 2.12 bits per heavy atom. The van der Waals surface area contributed by atoms with Crippen LogP contribution in [0, 0.1) is 30.1 Å². The Balaban J connectivity index is 1.34. The number of aryl methyl sites for hydroxylation is 1. The van der Waals surface area contributed by atoms with Gasteiger partial charge in [-0.25, -0.2) is 8.42 Å². The van der Waals surface area contributed by atoms with Crippen LogP contribution in [0.2, 0.25) is 0 Å². The fourth-order valence-corrected chi connectivity index (χ4v) is 7.48. The van der Waals surface area contributed by atoms with Crippen LogP contribution in [0.4, 0.5) is 11.4 Å². The number of methoxy groups -OCH3 is 1. The van der Waals surface area contributed by atoms with Gasteiger partial charge in [-0.1, -0.05) is 17.7 Å². The van der Waals surface area contributed by atoms with Crippen LogP contribution in [0.25, 0.3) is 0 Å². The van der Waals surface area contributed by atoms with Crippen molar-refractivity contribution in [3.63, 3.8) is 0 Å². The number of carbonyl (C=O) groups is 1. The van der Waals surface area contributed by atoms with Crippen LogP contribution in [0.5, 0.6) is 5.75 Å². The van der Waals surface area contributed by atoms with Gasteiger partial charge >= 0.3 is 0 Å². The van der Waals surface area contributed by atoms with Crippen molar-refractivity contribution in [1.82, 2.24) is 0 Å². The highest BCUT2D eigenvalue weighted by Crippen LogP contribution is 2.60. The minimum atomic E-state index is -3.71. The first-order chi connectivity index (χ1) is 15.3. The number of anilines is 2. The average molecular weight is 455 g/mol. The molecular weight excluding hydrogens is 424 g/mol. The molecule has 4 fully saturated rings. The van der Waals surface area contributed by atoms with Gasteiger partial charge in [0.05, 0.1) is 28.8 Å². The van der Waals surface area contributed by atoms with E-state index >= 15 is 0 Å². The highest BCUT2D eigenvalue weighted by molar-refractivity contribution is 7.92. The van der Waals surface area contributed by atoms with E-state index in [9.17, 15) is 13.2 Å². The summed E-state index contributed by atoms with van der Waals surface area (Å²) in [5.41, 5.74) is 1.69. The maximum Gasteiger partial charge on any atom is 0.261 e. The lowest BCUT2D eigenvalue weighted by Crippen LogP contribution is -2.51. The molecule has 6 rings (SSSR count). The van der Waals surface area contributed by atoms with Crippen LogP contribution in [-0.4, -0.2) is 21.4 Å². The number of amides is 1. The first-order valence-corrected chi connectivity index (χ1v) is 12.8. The Kier molecular flexibility index (Phi) is 5.19. The maximum atomic E-state index is 13.4. The van der Waals surface area contributed by atoms with Crippen LogP contribution in [-0.2, 0) is 14.8 Å². The lowest BCUT2D eigenvalue weighted by atomic mass is 9.49. The molecule has 0 aromatic heterocycles. The van der Waals surface area contributed by atoms with E-state index in [4.69, 9.17) is 4.74 Å². The number of nitrogens with one attached hydrogen (secondary N) is 2. The zero-order chi connectivity index (χ0) is 22.5. The normalized spacial score (nSPS) is 28.4. The second-order valence-corrected chi connectivity index (χ2v) is 11.7. The molecule has 2 aromatic carbocycles. The lowest BCUT2D eigenvalue weighted by Gasteiger charge is -2.55. The summed E-state index contributed by atoms with van der Waals surface area (Å²) in [5, 5.41) is 3.11. The number of benzene rings is 2. The second kappa shape index (κ2) is 7.80. The van der Waals surface area contributed by atoms with E-state index in [0.29, 0.717) is 34.9 Å². The zero-order valence-electron chi connectivity index (χ0n) is 18.6. The van der Waals surface area contributed by atoms with Crippen molar-refractivity contribution in [2.24, 2.45) is 23.2 Å². The molecular formula is C25H30N2O4S. The van der Waals surface area contributed by atoms with Gasteiger partial charge in [-0.2, -0.15) is 0 Å². The first kappa shape index (κ1) is 21.3. The molecule has 4 saturated carbocycles. The molecule has 0 unspecified atom stereocenters. The molecule has 2 aromatic rings. The third-order valence-electron chi connectivity index (χ3n) is 7.55. The van der Waals surface area contributed by atoms with Gasteiger partial charge in [0.2, 0.25) is 5.91 Å². The molecule has 4 aliphatic rings. The highest BCUT2D eigenvalue weighted by Gasteiger charge is 2.54. The van der Waals surface area contributed by atoms with Crippen LogP contribution in [0.15, 0.2) is 47.4 Å². The Morgan fingerprint density at radius 2 is 1.56 bits per heavy atom. The topological polar surface area (TPSA) is 84.5 Å². The summed E-state index contributed by atoms with van der Waals surface area (Å²) >= 11 is 0. The summed E-state index contributed by atoms with van der Waals surface area (Å²) in [4.78, 5) is 13.6. The predicted octanol–water partition coefficient (Wildman–Crippen LogP) is 4.96. The number of carbonyl (C=O) groups excluding carboxylic acids is 1. The molecule has 32 heavy (non-hydrogen) atoms. The monoisotopic (exact) mass is 454 g/mol. The van der Waals surface area contributed by atoms with Gasteiger partial charge in [-0.15, -0.1) is 0 Å². The molecule has 1 amide bonds. The second-order valence-electron chi connectivity index (χ2n) is 9.99. The zero-order valence-corrected chi connectivity index (χ0v) is 19.4. The predicted molar refractivity (Wildman–Crippen MR) is 124 cm³/mol. The van der Waals surface area contributed by atoms with Crippen molar-refractivity contribution < 1.29 is 17.9 Å². The minimum absolute atomic E-state index is 0.0860. The molecule has 170 valence electrons. The fraction of sp³-hybridized carbons (Fsp3) is 0.480. The standard InChI is InChI=1S/C25H30N2O4S/c1-16-3-6-21(7-4-16)32(29,30)27-20-5-8-22(23(12-20)31-2)26-24(28)25-13-17-9-18(14-25)11-19(10-17)15-25/h3-8,12,17-19,27H,9-11,13-15H2,1-2H3,(H,26,28). The van der Waals surface area contributed by atoms with Crippen LogP contribution >= 0.6 is 0 Å². The van der Waals surface area contributed by atoms with Gasteiger partial charge in [-0.05, 0) is 87.5 Å². The number of ether oxygens (including phenoxy) is 1. The lowest BCUT2D eigenvalue weighted by molar-refractivity contribution is -0.140. The van der Waals surface area contributed by atoms with E-state index in [1.54, 1.807) is 42.5 Å². The molecule has 0 aliphatic heterocycles. The van der Waals surface area contributed by atoms with E-state index < -0.39 is 10.0 Å². The molecule has 0 atom stereocenters. The summed E-state index contributed by atoms with van der Waals surface area (Å²) in [5.74, 6) is 2.59. The summed E-state index contributed by atoms with van der Waals surface area (Å²) in [7, 11) is -2.19. The van der Waals surface area contributed by atoms with E-state index in [1.807, 2.05) is 6.92 Å². The Hall–Kier alpha value is -2.54. The van der Waals surface area contributed by atoms with Gasteiger partial charge in [0.25, 0.3) is 10.0 Å². The highest BCUT2D eigenvalue weighted by atomic mass is 32.2. The molecule has 4 aliphatic carbocycles. The average Bonchev–Trinajstić information content (AvgIpc) is 2.74. The Labute approximate surface area is 189 Å². The molecule has 0 radical (unpaired) electrons. The van der Waals surface area contributed by atoms with Crippen molar-refractivity contribution in [2.75, 3.05) is 17.1 Å².